The predicted molar refractivity (Wildman–Crippen MR) is 467 cm³/mol. The molecular weight excluding hydrogens is 1390 g/mol. The van der Waals surface area contributed by atoms with Crippen molar-refractivity contribution in [2.45, 2.75) is 77.0 Å². The minimum atomic E-state index is -0.154. The van der Waals surface area contributed by atoms with Crippen molar-refractivity contribution in [1.29, 1.82) is 0 Å². The van der Waals surface area contributed by atoms with E-state index in [4.69, 9.17) is 28.8 Å². The molecule has 22 rings (SSSR count). The van der Waals surface area contributed by atoms with Gasteiger partial charge in [-0.25, -0.2) is 15.0 Å². The number of hydrogen-bond acceptors (Lipinski definition) is 6. The van der Waals surface area contributed by atoms with Crippen molar-refractivity contribution in [1.82, 2.24) is 19.9 Å². The van der Waals surface area contributed by atoms with Gasteiger partial charge in [0.1, 0.15) is 11.0 Å². The van der Waals surface area contributed by atoms with Crippen LogP contribution >= 0.6 is 0 Å². The summed E-state index contributed by atoms with van der Waals surface area (Å²) < 4.78 is 13.7. The molecule has 0 fully saturated rings. The average molecular weight is 1460 g/mol. The summed E-state index contributed by atoms with van der Waals surface area (Å²) in [6.07, 6.45) is 1.82. The Hall–Kier alpha value is -13.7. The zero-order chi connectivity index (χ0) is 76.7. The van der Waals surface area contributed by atoms with Crippen LogP contribution in [0.5, 0.6) is 0 Å². The molecule has 0 saturated heterocycles. The minimum absolute atomic E-state index is 0.151. The summed E-state index contributed by atoms with van der Waals surface area (Å²) in [5.41, 5.74) is 44.5. The van der Waals surface area contributed by atoms with Gasteiger partial charge < -0.3 is 8.83 Å². The van der Waals surface area contributed by atoms with Crippen molar-refractivity contribution < 1.29 is 8.83 Å². The lowest BCUT2D eigenvalue weighted by Crippen LogP contribution is -2.15. The molecule has 542 valence electrons. The second-order valence-electron chi connectivity index (χ2n) is 33.6. The van der Waals surface area contributed by atoms with Gasteiger partial charge in [-0.2, -0.15) is 0 Å². The fraction of sp³-hybridized carbons (Fsp3) is 0.111. The molecule has 0 saturated carbocycles. The Kier molecular flexibility index (Phi) is 14.7. The summed E-state index contributed by atoms with van der Waals surface area (Å²) in [5, 5.41) is 0. The second kappa shape index (κ2) is 24.9. The fourth-order valence-electron chi connectivity index (χ4n) is 19.5. The molecule has 4 aliphatic rings. The molecule has 4 aromatic heterocycles. The van der Waals surface area contributed by atoms with Crippen LogP contribution in [0.2, 0.25) is 0 Å². The highest BCUT2D eigenvalue weighted by Gasteiger charge is 2.40. The Labute approximate surface area is 663 Å². The smallest absolute Gasteiger partial charge is 0.227 e. The maximum absolute atomic E-state index is 6.83. The van der Waals surface area contributed by atoms with Gasteiger partial charge >= 0.3 is 0 Å². The summed E-state index contributed by atoms with van der Waals surface area (Å²) in [7, 11) is 0. The van der Waals surface area contributed by atoms with Crippen molar-refractivity contribution in [2.75, 3.05) is 0 Å². The van der Waals surface area contributed by atoms with Crippen LogP contribution in [0.15, 0.2) is 337 Å². The molecule has 18 aromatic rings. The molecule has 0 bridgehead atoms. The first-order chi connectivity index (χ1) is 55.5. The van der Waals surface area contributed by atoms with Crippen LogP contribution < -0.4 is 0 Å². The molecule has 0 N–H and O–H groups in total. The van der Waals surface area contributed by atoms with E-state index in [9.17, 15) is 0 Å². The molecule has 114 heavy (non-hydrogen) atoms. The number of nitrogens with zero attached hydrogens (tertiary/aromatic N) is 4. The van der Waals surface area contributed by atoms with Crippen molar-refractivity contribution in [3.63, 3.8) is 0 Å². The molecular formula is C108H78N4O2. The van der Waals surface area contributed by atoms with Gasteiger partial charge in [0.25, 0.3) is 0 Å². The standard InChI is InChI=1S/C108H78N4O2/c1-105(2)88-23-13-9-19-76(88)80-48-44-71(55-92(80)105)84-59-98-100(61-86(84)73-46-50-82-78-21-11-15-25-90(78)107(5,6)94(82)57-73)113-103(111-98)69-40-32-65(33-41-69)63-28-36-67(37-29-63)75-52-53-97(96-27-17-18-54-109-96)110-102(75)68-38-30-64(31-39-68)66-34-42-70(43-35-66)104-112-99-60-85(72-45-49-81-77-20-10-14-24-89(77)106(3,4)93(81)56-72)87(62-101(99)114-104)74-47-51-83-79-22-12-16-26-91(79)108(7,8)95(83)58-74/h9-62H,1-8H3. The lowest BCUT2D eigenvalue weighted by Gasteiger charge is -2.23. The van der Waals surface area contributed by atoms with E-state index >= 15 is 0 Å². The van der Waals surface area contributed by atoms with Crippen LogP contribution in [0.4, 0.5) is 0 Å². The zero-order valence-electron chi connectivity index (χ0n) is 64.8. The largest absolute Gasteiger partial charge is 0.436 e. The maximum Gasteiger partial charge on any atom is 0.227 e. The highest BCUT2D eigenvalue weighted by Crippen LogP contribution is 2.56. The topological polar surface area (TPSA) is 77.8 Å². The summed E-state index contributed by atoms with van der Waals surface area (Å²) >= 11 is 0. The van der Waals surface area contributed by atoms with E-state index in [0.717, 1.165) is 134 Å². The van der Waals surface area contributed by atoms with Gasteiger partial charge in [-0.15, -0.1) is 0 Å². The van der Waals surface area contributed by atoms with Crippen molar-refractivity contribution in [3.05, 3.63) is 372 Å². The molecule has 14 aromatic carbocycles. The highest BCUT2D eigenvalue weighted by atomic mass is 16.4. The van der Waals surface area contributed by atoms with E-state index in [1.54, 1.807) is 0 Å². The van der Waals surface area contributed by atoms with Crippen LogP contribution in [0, 0.1) is 0 Å². The van der Waals surface area contributed by atoms with Gasteiger partial charge in [-0.05, 0) is 258 Å². The Morgan fingerprint density at radius 3 is 0.842 bits per heavy atom. The Morgan fingerprint density at radius 2 is 0.491 bits per heavy atom. The van der Waals surface area contributed by atoms with E-state index < -0.39 is 0 Å². The van der Waals surface area contributed by atoms with Gasteiger partial charge in [-0.3, -0.25) is 4.98 Å². The van der Waals surface area contributed by atoms with Gasteiger partial charge in [0.2, 0.25) is 11.8 Å². The third-order valence-corrected chi connectivity index (χ3v) is 25.7. The minimum Gasteiger partial charge on any atom is -0.436 e. The molecule has 0 aliphatic heterocycles. The molecule has 4 aliphatic carbocycles. The number of oxazole rings is 2. The average Bonchev–Trinajstić information content (AvgIpc) is 1.57. The Bertz CT molecular complexity index is 6760. The highest BCUT2D eigenvalue weighted by molar-refractivity contribution is 5.99. The quantitative estimate of drug-likeness (QED) is 0.128. The Balaban J connectivity index is 0.552. The predicted octanol–water partition coefficient (Wildman–Crippen LogP) is 28.3. The number of fused-ring (bicyclic) bond motifs is 14. The van der Waals surface area contributed by atoms with Gasteiger partial charge in [0, 0.05) is 50.1 Å². The maximum atomic E-state index is 6.83. The van der Waals surface area contributed by atoms with E-state index in [1.807, 2.05) is 24.4 Å². The Morgan fingerprint density at radius 1 is 0.202 bits per heavy atom. The second-order valence-corrected chi connectivity index (χ2v) is 33.6. The number of aromatic nitrogens is 4. The molecule has 0 amide bonds. The van der Waals surface area contributed by atoms with E-state index in [-0.39, 0.29) is 21.7 Å². The van der Waals surface area contributed by atoms with E-state index in [0.29, 0.717) is 11.8 Å². The first-order valence-electron chi connectivity index (χ1n) is 39.7. The molecule has 6 heteroatoms. The van der Waals surface area contributed by atoms with Crippen LogP contribution in [-0.2, 0) is 21.7 Å². The van der Waals surface area contributed by atoms with Crippen LogP contribution in [-0.4, -0.2) is 19.9 Å². The lowest BCUT2D eigenvalue weighted by molar-refractivity contribution is 0.619. The number of benzene rings is 14. The molecule has 4 heterocycles. The van der Waals surface area contributed by atoms with Gasteiger partial charge in [0.15, 0.2) is 11.2 Å². The van der Waals surface area contributed by atoms with Crippen molar-refractivity contribution in [2.24, 2.45) is 0 Å². The molecule has 6 nitrogen and oxygen atoms in total. The zero-order valence-corrected chi connectivity index (χ0v) is 64.8. The molecule has 0 unspecified atom stereocenters. The fourth-order valence-corrected chi connectivity index (χ4v) is 19.5. The third-order valence-electron chi connectivity index (χ3n) is 25.7. The summed E-state index contributed by atoms with van der Waals surface area (Å²) in [6.45, 7) is 18.8. The monoisotopic (exact) mass is 1460 g/mol. The normalized spacial score (nSPS) is 14.4. The van der Waals surface area contributed by atoms with Gasteiger partial charge in [-0.1, -0.05) is 280 Å². The number of pyridine rings is 2. The molecule has 0 atom stereocenters. The lowest BCUT2D eigenvalue weighted by atomic mass is 9.80. The SMILES string of the molecule is CC1(C)c2ccccc2-c2ccc(-c3cc4nc(-c5ccc(-c6ccc(-c7ccc(-c8ccccn8)nc7-c7ccc(-c8ccc(-c9nc%10cc(-c%11ccc%12c(c%11)C(C)(C)c%11ccccc%11-%12)c(-c%11ccc%12c(c%11)C(C)(C)c%11ccccc%11-%12)cc%10o9)cc8)cc7)cc6)cc5)oc4cc3-c3ccc4c(c3)C(C)(C)c3ccccc3-4)cc21. The third kappa shape index (κ3) is 10.4. The van der Waals surface area contributed by atoms with Crippen molar-refractivity contribution in [3.8, 4) is 168 Å². The van der Waals surface area contributed by atoms with Gasteiger partial charge in [0.05, 0.1) is 17.1 Å². The van der Waals surface area contributed by atoms with Crippen molar-refractivity contribution >= 4 is 22.2 Å². The number of hydrogen-bond donors (Lipinski definition) is 0. The summed E-state index contributed by atoms with van der Waals surface area (Å²) in [6, 6.07) is 117. The van der Waals surface area contributed by atoms with Crippen LogP contribution in [0.25, 0.3) is 190 Å². The first-order valence-corrected chi connectivity index (χ1v) is 39.7. The molecule has 0 radical (unpaired) electrons. The molecule has 0 spiro atoms. The van der Waals surface area contributed by atoms with E-state index in [2.05, 4.69) is 359 Å². The van der Waals surface area contributed by atoms with E-state index in [1.165, 1.54) is 89.0 Å². The number of rotatable bonds is 11. The summed E-state index contributed by atoms with van der Waals surface area (Å²) in [4.78, 5) is 20.6. The van der Waals surface area contributed by atoms with Crippen LogP contribution in [0.1, 0.15) is 99.9 Å². The summed E-state index contributed by atoms with van der Waals surface area (Å²) in [5.74, 6) is 1.16. The van der Waals surface area contributed by atoms with Crippen LogP contribution in [0.3, 0.4) is 0 Å². The first kappa shape index (κ1) is 67.2.